The zero-order valence-electron chi connectivity index (χ0n) is 12.5. The van der Waals surface area contributed by atoms with Crippen LogP contribution in [0.3, 0.4) is 0 Å². The lowest BCUT2D eigenvalue weighted by molar-refractivity contribution is -0.121. The van der Waals surface area contributed by atoms with E-state index in [1.807, 2.05) is 13.8 Å². The highest BCUT2D eigenvalue weighted by molar-refractivity contribution is 5.84. The van der Waals surface area contributed by atoms with Crippen LogP contribution in [0, 0.1) is 0 Å². The van der Waals surface area contributed by atoms with Crippen LogP contribution in [-0.2, 0) is 4.79 Å². The van der Waals surface area contributed by atoms with Gasteiger partial charge in [0.05, 0.1) is 0 Å². The van der Waals surface area contributed by atoms with Gasteiger partial charge < -0.3 is 15.5 Å². The van der Waals surface area contributed by atoms with E-state index in [0.29, 0.717) is 6.54 Å². The van der Waals surface area contributed by atoms with Crippen molar-refractivity contribution in [2.45, 2.75) is 39.2 Å². The summed E-state index contributed by atoms with van der Waals surface area (Å²) in [5, 5.41) is 6.04. The van der Waals surface area contributed by atoms with Crippen molar-refractivity contribution in [3.8, 4) is 0 Å². The predicted octanol–water partition coefficient (Wildman–Crippen LogP) is 2.61. The van der Waals surface area contributed by atoms with Crippen LogP contribution in [-0.4, -0.2) is 31.6 Å². The minimum absolute atomic E-state index is 0.0348. The van der Waals surface area contributed by atoms with E-state index in [4.69, 9.17) is 0 Å². The molecule has 1 saturated heterocycles. The summed E-state index contributed by atoms with van der Waals surface area (Å²) in [5.74, 6) is 0.0348. The number of likely N-dealkylation sites (N-methyl/N-ethyl adjacent to an activating group) is 1. The van der Waals surface area contributed by atoms with Gasteiger partial charge in [-0.05, 0) is 57.4 Å². The van der Waals surface area contributed by atoms with Crippen LogP contribution < -0.4 is 15.5 Å². The molecule has 4 heteroatoms. The van der Waals surface area contributed by atoms with Crippen LogP contribution in [0.2, 0.25) is 0 Å². The number of nitrogens with one attached hydrogen (secondary N) is 2. The summed E-state index contributed by atoms with van der Waals surface area (Å²) in [5.41, 5.74) is 2.27. The number of benzene rings is 1. The lowest BCUT2D eigenvalue weighted by Gasteiger charge is -2.29. The molecule has 0 spiro atoms. The molecule has 0 bridgehead atoms. The van der Waals surface area contributed by atoms with Crippen LogP contribution in [0.1, 0.15) is 33.1 Å². The maximum atomic E-state index is 11.7. The monoisotopic (exact) mass is 275 g/mol. The average molecular weight is 275 g/mol. The number of amides is 1. The molecular weight excluding hydrogens is 250 g/mol. The Bertz CT molecular complexity index is 424. The summed E-state index contributed by atoms with van der Waals surface area (Å²) in [6.07, 6.45) is 3.92. The van der Waals surface area contributed by atoms with Crippen molar-refractivity contribution in [2.75, 3.05) is 29.9 Å². The van der Waals surface area contributed by atoms with Crippen molar-refractivity contribution in [3.63, 3.8) is 0 Å². The quantitative estimate of drug-likeness (QED) is 0.868. The molecule has 2 N–H and O–H groups in total. The van der Waals surface area contributed by atoms with E-state index in [9.17, 15) is 4.79 Å². The Labute approximate surface area is 121 Å². The van der Waals surface area contributed by atoms with E-state index in [-0.39, 0.29) is 11.9 Å². The molecule has 110 valence electrons. The zero-order valence-corrected chi connectivity index (χ0v) is 12.5. The normalized spacial score (nSPS) is 16.6. The Balaban J connectivity index is 1.92. The molecule has 1 atom stereocenters. The van der Waals surface area contributed by atoms with Gasteiger partial charge in [-0.1, -0.05) is 0 Å². The summed E-state index contributed by atoms with van der Waals surface area (Å²) in [6.45, 7) is 6.78. The van der Waals surface area contributed by atoms with Crippen LogP contribution in [0.15, 0.2) is 24.3 Å². The van der Waals surface area contributed by atoms with Crippen molar-refractivity contribution in [1.82, 2.24) is 5.32 Å². The second kappa shape index (κ2) is 7.17. The van der Waals surface area contributed by atoms with Crippen LogP contribution in [0.5, 0.6) is 0 Å². The third-order valence-electron chi connectivity index (χ3n) is 3.72. The maximum absolute atomic E-state index is 11.7. The Kier molecular flexibility index (Phi) is 5.27. The predicted molar refractivity (Wildman–Crippen MR) is 84.3 cm³/mol. The van der Waals surface area contributed by atoms with Crippen LogP contribution in [0.25, 0.3) is 0 Å². The number of hydrogen-bond donors (Lipinski definition) is 2. The Morgan fingerprint density at radius 2 is 1.85 bits per heavy atom. The molecular formula is C16H25N3O. The highest BCUT2D eigenvalue weighted by Gasteiger charge is 2.13. The van der Waals surface area contributed by atoms with Gasteiger partial charge >= 0.3 is 0 Å². The smallest absolute Gasteiger partial charge is 0.242 e. The molecule has 4 nitrogen and oxygen atoms in total. The van der Waals surface area contributed by atoms with E-state index < -0.39 is 0 Å². The number of hydrogen-bond acceptors (Lipinski definition) is 3. The van der Waals surface area contributed by atoms with Gasteiger partial charge in [0.2, 0.25) is 5.91 Å². The average Bonchev–Trinajstić information content (AvgIpc) is 2.49. The van der Waals surface area contributed by atoms with Gasteiger partial charge in [0, 0.05) is 31.0 Å². The van der Waals surface area contributed by atoms with Gasteiger partial charge in [-0.15, -0.1) is 0 Å². The number of carbonyl (C=O) groups is 1. The summed E-state index contributed by atoms with van der Waals surface area (Å²) >= 11 is 0. The number of rotatable bonds is 5. The van der Waals surface area contributed by atoms with E-state index in [2.05, 4.69) is 39.8 Å². The summed E-state index contributed by atoms with van der Waals surface area (Å²) in [6, 6.07) is 8.17. The molecule has 1 fully saturated rings. The fraction of sp³-hybridized carbons (Fsp3) is 0.562. The molecule has 0 saturated carbocycles. The maximum Gasteiger partial charge on any atom is 0.242 e. The zero-order chi connectivity index (χ0) is 14.4. The van der Waals surface area contributed by atoms with E-state index in [1.165, 1.54) is 24.9 Å². The van der Waals surface area contributed by atoms with Crippen molar-refractivity contribution in [2.24, 2.45) is 0 Å². The lowest BCUT2D eigenvalue weighted by Crippen LogP contribution is -2.37. The van der Waals surface area contributed by atoms with Gasteiger partial charge in [-0.2, -0.15) is 0 Å². The second-order valence-electron chi connectivity index (χ2n) is 5.36. The molecule has 1 unspecified atom stereocenters. The number of carbonyl (C=O) groups excluding carboxylic acids is 1. The molecule has 0 radical (unpaired) electrons. The van der Waals surface area contributed by atoms with Gasteiger partial charge in [0.25, 0.3) is 0 Å². The molecule has 1 heterocycles. The van der Waals surface area contributed by atoms with Crippen LogP contribution >= 0.6 is 0 Å². The standard InChI is InChI=1S/C16H25N3O/c1-3-17-16(20)13(2)18-14-7-9-15(10-8-14)19-11-5-4-6-12-19/h7-10,13,18H,3-6,11-12H2,1-2H3,(H,17,20). The van der Waals surface area contributed by atoms with E-state index in [1.54, 1.807) is 0 Å². The first-order valence-corrected chi connectivity index (χ1v) is 7.60. The first-order valence-electron chi connectivity index (χ1n) is 7.60. The fourth-order valence-electron chi connectivity index (χ4n) is 2.56. The van der Waals surface area contributed by atoms with Gasteiger partial charge in [0.1, 0.15) is 6.04 Å². The van der Waals surface area contributed by atoms with E-state index in [0.717, 1.165) is 18.8 Å². The number of piperidine rings is 1. The third kappa shape index (κ3) is 3.89. The van der Waals surface area contributed by atoms with Crippen molar-refractivity contribution in [1.29, 1.82) is 0 Å². The Hall–Kier alpha value is -1.71. The minimum Gasteiger partial charge on any atom is -0.374 e. The highest BCUT2D eigenvalue weighted by atomic mass is 16.2. The van der Waals surface area contributed by atoms with Crippen molar-refractivity contribution in [3.05, 3.63) is 24.3 Å². The molecule has 1 aliphatic heterocycles. The molecule has 0 aromatic heterocycles. The minimum atomic E-state index is -0.212. The summed E-state index contributed by atoms with van der Waals surface area (Å²) < 4.78 is 0. The molecule has 1 aromatic rings. The van der Waals surface area contributed by atoms with E-state index >= 15 is 0 Å². The molecule has 20 heavy (non-hydrogen) atoms. The summed E-state index contributed by atoms with van der Waals surface area (Å²) in [7, 11) is 0. The molecule has 0 aliphatic carbocycles. The SMILES string of the molecule is CCNC(=O)C(C)Nc1ccc(N2CCCCC2)cc1. The largest absolute Gasteiger partial charge is 0.374 e. The fourth-order valence-corrected chi connectivity index (χ4v) is 2.56. The van der Waals surface area contributed by atoms with Crippen LogP contribution in [0.4, 0.5) is 11.4 Å². The Morgan fingerprint density at radius 1 is 1.20 bits per heavy atom. The van der Waals surface area contributed by atoms with Gasteiger partial charge in [-0.3, -0.25) is 4.79 Å². The first kappa shape index (κ1) is 14.7. The van der Waals surface area contributed by atoms with Gasteiger partial charge in [-0.25, -0.2) is 0 Å². The number of anilines is 2. The molecule has 1 aliphatic rings. The lowest BCUT2D eigenvalue weighted by atomic mass is 10.1. The highest BCUT2D eigenvalue weighted by Crippen LogP contribution is 2.22. The molecule has 1 amide bonds. The van der Waals surface area contributed by atoms with Gasteiger partial charge in [0.15, 0.2) is 0 Å². The van der Waals surface area contributed by atoms with Crippen molar-refractivity contribution < 1.29 is 4.79 Å². The molecule has 1 aromatic carbocycles. The topological polar surface area (TPSA) is 44.4 Å². The third-order valence-corrected chi connectivity index (χ3v) is 3.72. The first-order chi connectivity index (χ1) is 9.70. The number of nitrogens with zero attached hydrogens (tertiary/aromatic N) is 1. The van der Waals surface area contributed by atoms with Crippen molar-refractivity contribution >= 4 is 17.3 Å². The molecule has 2 rings (SSSR count). The summed E-state index contributed by atoms with van der Waals surface area (Å²) in [4.78, 5) is 14.1. The second-order valence-corrected chi connectivity index (χ2v) is 5.36. The Morgan fingerprint density at radius 3 is 2.45 bits per heavy atom.